The number of nitriles is 1. The molecule has 3 unspecified atom stereocenters. The van der Waals surface area contributed by atoms with E-state index in [2.05, 4.69) is 5.48 Å². The molecule has 13 heteroatoms. The number of nitrogens with zero attached hydrogens (tertiary/aromatic N) is 4. The zero-order valence-corrected chi connectivity index (χ0v) is 25.2. The standard InChI is InChI=1S/C28H39N5O7S/c1-27(2,3)39-24(34)22(8-7-15-33-25(35)28(4,5)31(6)26(33)36)23(41(37)38)32-16-13-20(14-17-32)30-40-21-11-9-19(18-29)10-12-21/h9-13,22-23,30H,7-8,14-17H2,1-6H3,(H,37,38). The Kier molecular flexibility index (Phi) is 10.2. The summed E-state index contributed by atoms with van der Waals surface area (Å²) >= 11 is -2.40. The summed E-state index contributed by atoms with van der Waals surface area (Å²) in [6, 6.07) is 8.24. The van der Waals surface area contributed by atoms with Crippen LogP contribution in [-0.4, -0.2) is 84.6 Å². The first-order valence-electron chi connectivity index (χ1n) is 13.4. The largest absolute Gasteiger partial charge is 0.460 e. The number of likely N-dealkylation sites (N-methyl/N-ethyl adjacent to an activating group) is 1. The van der Waals surface area contributed by atoms with Gasteiger partial charge >= 0.3 is 12.0 Å². The van der Waals surface area contributed by atoms with E-state index in [1.165, 1.54) is 4.90 Å². The second-order valence-electron chi connectivity index (χ2n) is 11.6. The number of ether oxygens (including phenoxy) is 1. The van der Waals surface area contributed by atoms with E-state index in [-0.39, 0.29) is 31.8 Å². The van der Waals surface area contributed by atoms with Gasteiger partial charge in [-0.1, -0.05) is 0 Å². The minimum atomic E-state index is -2.40. The molecule has 3 amide bonds. The monoisotopic (exact) mass is 589 g/mol. The highest BCUT2D eigenvalue weighted by atomic mass is 32.2. The summed E-state index contributed by atoms with van der Waals surface area (Å²) in [5, 5.41) is 7.86. The number of amides is 3. The van der Waals surface area contributed by atoms with Gasteiger partial charge in [0.15, 0.2) is 16.8 Å². The molecule has 1 aromatic carbocycles. The van der Waals surface area contributed by atoms with Gasteiger partial charge in [0.2, 0.25) is 0 Å². The van der Waals surface area contributed by atoms with Crippen molar-refractivity contribution in [2.24, 2.45) is 5.92 Å². The van der Waals surface area contributed by atoms with E-state index in [9.17, 15) is 23.1 Å². The summed E-state index contributed by atoms with van der Waals surface area (Å²) in [4.78, 5) is 48.6. The molecule has 2 aliphatic heterocycles. The summed E-state index contributed by atoms with van der Waals surface area (Å²) < 4.78 is 28.6. The van der Waals surface area contributed by atoms with E-state index in [4.69, 9.17) is 14.8 Å². The van der Waals surface area contributed by atoms with Crippen molar-refractivity contribution >= 4 is 29.0 Å². The molecule has 1 aromatic rings. The van der Waals surface area contributed by atoms with Crippen molar-refractivity contribution in [2.45, 2.75) is 70.4 Å². The first kappa shape index (κ1) is 32.0. The molecule has 0 aromatic heterocycles. The number of carbonyl (C=O) groups is 3. The number of hydroxylamine groups is 1. The number of urea groups is 1. The fourth-order valence-electron chi connectivity index (χ4n) is 4.65. The van der Waals surface area contributed by atoms with Gasteiger partial charge in [-0.25, -0.2) is 14.5 Å². The molecule has 3 rings (SSSR count). The zero-order valence-electron chi connectivity index (χ0n) is 24.4. The third-order valence-corrected chi connectivity index (χ3v) is 8.21. The highest BCUT2D eigenvalue weighted by Gasteiger charge is 2.49. The maximum absolute atomic E-state index is 13.3. The van der Waals surface area contributed by atoms with Crippen molar-refractivity contribution < 1.29 is 32.7 Å². The van der Waals surface area contributed by atoms with Gasteiger partial charge in [0.05, 0.1) is 17.6 Å². The van der Waals surface area contributed by atoms with Crippen LogP contribution in [0.1, 0.15) is 59.4 Å². The highest BCUT2D eigenvalue weighted by Crippen LogP contribution is 2.29. The van der Waals surface area contributed by atoms with Crippen molar-refractivity contribution in [3.8, 4) is 11.8 Å². The number of benzene rings is 1. The minimum absolute atomic E-state index is 0.0795. The number of carbonyl (C=O) groups excluding carboxylic acids is 3. The van der Waals surface area contributed by atoms with Crippen molar-refractivity contribution in [3.05, 3.63) is 41.6 Å². The fourth-order valence-corrected chi connectivity index (χ4v) is 5.63. The molecular weight excluding hydrogens is 550 g/mol. The van der Waals surface area contributed by atoms with Gasteiger partial charge in [-0.3, -0.25) is 19.4 Å². The van der Waals surface area contributed by atoms with Gasteiger partial charge in [0, 0.05) is 38.8 Å². The quantitative estimate of drug-likeness (QED) is 0.170. The molecule has 3 atom stereocenters. The summed E-state index contributed by atoms with van der Waals surface area (Å²) in [5.74, 6) is -1.39. The number of nitrogens with one attached hydrogen (secondary N) is 1. The summed E-state index contributed by atoms with van der Waals surface area (Å²) in [6.07, 6.45) is 2.68. The van der Waals surface area contributed by atoms with Gasteiger partial charge in [-0.2, -0.15) is 5.26 Å². The lowest BCUT2D eigenvalue weighted by Gasteiger charge is -2.36. The van der Waals surface area contributed by atoms with Crippen molar-refractivity contribution in [1.29, 1.82) is 5.26 Å². The Hall–Kier alpha value is -3.47. The van der Waals surface area contributed by atoms with Crippen LogP contribution in [0.15, 0.2) is 36.0 Å². The number of hydrogen-bond donors (Lipinski definition) is 2. The Morgan fingerprint density at radius 3 is 2.39 bits per heavy atom. The fraction of sp³-hybridized carbons (Fsp3) is 0.571. The van der Waals surface area contributed by atoms with Crippen LogP contribution in [0, 0.1) is 17.2 Å². The maximum atomic E-state index is 13.3. The van der Waals surface area contributed by atoms with E-state index in [1.807, 2.05) is 12.1 Å². The molecule has 0 spiro atoms. The molecular formula is C28H39N5O7S. The first-order chi connectivity index (χ1) is 19.2. The molecule has 1 fully saturated rings. The Bertz CT molecular complexity index is 1240. The summed E-state index contributed by atoms with van der Waals surface area (Å²) in [6.45, 7) is 9.24. The second-order valence-corrected chi connectivity index (χ2v) is 12.7. The van der Waals surface area contributed by atoms with Gasteiger partial charge in [-0.05, 0) is 77.8 Å². The smallest absolute Gasteiger partial charge is 0.327 e. The molecule has 0 radical (unpaired) electrons. The average Bonchev–Trinajstić information content (AvgIpc) is 3.05. The molecule has 224 valence electrons. The van der Waals surface area contributed by atoms with E-state index >= 15 is 0 Å². The lowest BCUT2D eigenvalue weighted by atomic mass is 10.00. The van der Waals surface area contributed by atoms with Gasteiger partial charge in [0.1, 0.15) is 16.5 Å². The van der Waals surface area contributed by atoms with E-state index in [0.717, 1.165) is 10.6 Å². The Morgan fingerprint density at radius 1 is 1.24 bits per heavy atom. The number of imide groups is 1. The van der Waals surface area contributed by atoms with Crippen molar-refractivity contribution in [2.75, 3.05) is 26.7 Å². The molecule has 2 N–H and O–H groups in total. The summed E-state index contributed by atoms with van der Waals surface area (Å²) in [5.41, 5.74) is 2.38. The molecule has 2 aliphatic rings. The number of hydrogen-bond acceptors (Lipinski definition) is 9. The molecule has 2 heterocycles. The Morgan fingerprint density at radius 2 is 1.90 bits per heavy atom. The number of rotatable bonds is 11. The molecule has 1 saturated heterocycles. The SMILES string of the molecule is CN1C(=O)N(CCCC(C(=O)OC(C)(C)C)C(N2CC=C(NOc3ccc(C#N)cc3)CC2)S(=O)O)C(=O)C1(C)C. The molecule has 0 saturated carbocycles. The predicted octanol–water partition coefficient (Wildman–Crippen LogP) is 2.99. The van der Waals surface area contributed by atoms with Crippen LogP contribution in [0.25, 0.3) is 0 Å². The summed E-state index contributed by atoms with van der Waals surface area (Å²) in [7, 11) is 1.57. The van der Waals surface area contributed by atoms with Crippen molar-refractivity contribution in [1.82, 2.24) is 20.2 Å². The zero-order chi connectivity index (χ0) is 30.5. The Balaban J connectivity index is 1.70. The molecule has 0 bridgehead atoms. The second kappa shape index (κ2) is 13.0. The minimum Gasteiger partial charge on any atom is -0.460 e. The van der Waals surface area contributed by atoms with Crippen LogP contribution in [-0.2, 0) is 25.4 Å². The van der Waals surface area contributed by atoms with Gasteiger partial charge in [0.25, 0.3) is 5.91 Å². The van der Waals surface area contributed by atoms with Crippen LogP contribution >= 0.6 is 0 Å². The maximum Gasteiger partial charge on any atom is 0.327 e. The van der Waals surface area contributed by atoms with E-state index < -0.39 is 45.5 Å². The topological polar surface area (TPSA) is 153 Å². The normalized spacial score (nSPS) is 19.7. The average molecular weight is 590 g/mol. The van der Waals surface area contributed by atoms with Crippen LogP contribution in [0.4, 0.5) is 4.79 Å². The van der Waals surface area contributed by atoms with E-state index in [0.29, 0.717) is 24.3 Å². The predicted molar refractivity (Wildman–Crippen MR) is 151 cm³/mol. The molecule has 41 heavy (non-hydrogen) atoms. The van der Waals surface area contributed by atoms with Gasteiger partial charge < -0.3 is 19.0 Å². The van der Waals surface area contributed by atoms with Crippen LogP contribution in [0.2, 0.25) is 0 Å². The first-order valence-corrected chi connectivity index (χ1v) is 14.6. The van der Waals surface area contributed by atoms with Crippen LogP contribution < -0.4 is 10.3 Å². The highest BCUT2D eigenvalue weighted by molar-refractivity contribution is 7.79. The van der Waals surface area contributed by atoms with Crippen LogP contribution in [0.3, 0.4) is 0 Å². The Labute approximate surface area is 243 Å². The third-order valence-electron chi connectivity index (χ3n) is 7.17. The lowest BCUT2D eigenvalue weighted by Crippen LogP contribution is -2.50. The van der Waals surface area contributed by atoms with Crippen molar-refractivity contribution in [3.63, 3.8) is 0 Å². The third kappa shape index (κ3) is 7.84. The van der Waals surface area contributed by atoms with Gasteiger partial charge in [-0.15, -0.1) is 0 Å². The van der Waals surface area contributed by atoms with E-state index in [1.54, 1.807) is 70.8 Å². The van der Waals surface area contributed by atoms with Crippen LogP contribution in [0.5, 0.6) is 5.75 Å². The lowest BCUT2D eigenvalue weighted by molar-refractivity contribution is -0.161. The molecule has 12 nitrogen and oxygen atoms in total. The number of esters is 1. The molecule has 0 aliphatic carbocycles.